The molecule has 1 saturated carbocycles. The van der Waals surface area contributed by atoms with E-state index in [1.54, 1.807) is 12.1 Å². The molecule has 1 aliphatic heterocycles. The molecule has 2 aliphatic rings. The van der Waals surface area contributed by atoms with Crippen LogP contribution in [0, 0.1) is 5.82 Å². The summed E-state index contributed by atoms with van der Waals surface area (Å²) in [5.74, 6) is 1.06. The maximum absolute atomic E-state index is 13.4. The third-order valence-corrected chi connectivity index (χ3v) is 6.04. The number of halogens is 1. The lowest BCUT2D eigenvalue weighted by molar-refractivity contribution is 0.445. The van der Waals surface area contributed by atoms with Crippen LogP contribution in [-0.2, 0) is 0 Å². The molecule has 0 saturated heterocycles. The van der Waals surface area contributed by atoms with Gasteiger partial charge in [-0.05, 0) is 43.5 Å². The quantitative estimate of drug-likeness (QED) is 0.630. The zero-order valence-electron chi connectivity index (χ0n) is 16.3. The highest BCUT2D eigenvalue weighted by atomic mass is 19.1. The van der Waals surface area contributed by atoms with Gasteiger partial charge >= 0.3 is 0 Å². The zero-order chi connectivity index (χ0) is 20.1. The summed E-state index contributed by atoms with van der Waals surface area (Å²) in [5.41, 5.74) is 17.5. The van der Waals surface area contributed by atoms with Gasteiger partial charge in [0, 0.05) is 28.9 Å². The third kappa shape index (κ3) is 3.07. The van der Waals surface area contributed by atoms with E-state index in [2.05, 4.69) is 28.1 Å². The maximum atomic E-state index is 13.4. The first kappa shape index (κ1) is 18.1. The highest BCUT2D eigenvalue weighted by Gasteiger charge is 2.39. The summed E-state index contributed by atoms with van der Waals surface area (Å²) in [6.07, 6.45) is 1.45. The van der Waals surface area contributed by atoms with Gasteiger partial charge in [0.25, 0.3) is 0 Å². The summed E-state index contributed by atoms with van der Waals surface area (Å²) >= 11 is 0. The van der Waals surface area contributed by atoms with Crippen LogP contribution in [0.2, 0.25) is 0 Å². The van der Waals surface area contributed by atoms with E-state index in [0.29, 0.717) is 5.92 Å². The number of H-pyrrole nitrogens is 1. The molecule has 0 radical (unpaired) electrons. The van der Waals surface area contributed by atoms with Crippen LogP contribution in [0.4, 0.5) is 15.9 Å². The van der Waals surface area contributed by atoms with Crippen molar-refractivity contribution in [1.29, 1.82) is 0 Å². The monoisotopic (exact) mass is 392 g/mol. The lowest BCUT2D eigenvalue weighted by Gasteiger charge is -2.49. The van der Waals surface area contributed by atoms with Gasteiger partial charge in [0.15, 0.2) is 12.1 Å². The Labute approximate surface area is 169 Å². The number of benzene rings is 2. The second-order valence-electron chi connectivity index (χ2n) is 7.92. The van der Waals surface area contributed by atoms with Crippen LogP contribution in [0.15, 0.2) is 54.6 Å². The van der Waals surface area contributed by atoms with E-state index in [0.717, 1.165) is 28.3 Å². The van der Waals surface area contributed by atoms with E-state index in [4.69, 9.17) is 11.5 Å². The number of fused-ring (bicyclic) bond motifs is 1. The van der Waals surface area contributed by atoms with Gasteiger partial charge in [-0.25, -0.2) is 4.39 Å². The fourth-order valence-corrected chi connectivity index (χ4v) is 4.24. The largest absolute Gasteiger partial charge is 0.332 e. The molecule has 150 valence electrons. The van der Waals surface area contributed by atoms with Gasteiger partial charge in [-0.2, -0.15) is 5.10 Å². The smallest absolute Gasteiger partial charge is 0.158 e. The Morgan fingerprint density at radius 2 is 1.83 bits per heavy atom. The molecule has 1 aliphatic carbocycles. The van der Waals surface area contributed by atoms with Gasteiger partial charge in [0.1, 0.15) is 12.0 Å². The predicted molar refractivity (Wildman–Crippen MR) is 112 cm³/mol. The molecule has 1 aromatic heterocycles. The zero-order valence-corrected chi connectivity index (χ0v) is 16.3. The molecular formula is C22H25FN6. The van der Waals surface area contributed by atoms with Crippen LogP contribution in [0.25, 0.3) is 0 Å². The summed E-state index contributed by atoms with van der Waals surface area (Å²) in [5, 5.41) is 7.67. The van der Waals surface area contributed by atoms with Gasteiger partial charge in [0.2, 0.25) is 0 Å². The first-order valence-corrected chi connectivity index (χ1v) is 10.0. The Morgan fingerprint density at radius 1 is 1.10 bits per heavy atom. The van der Waals surface area contributed by atoms with E-state index in [9.17, 15) is 4.39 Å². The van der Waals surface area contributed by atoms with E-state index in [1.807, 2.05) is 29.2 Å². The normalized spacial score (nSPS) is 22.5. The number of para-hydroxylation sites is 1. The Kier molecular flexibility index (Phi) is 4.29. The van der Waals surface area contributed by atoms with Crippen LogP contribution in [0.3, 0.4) is 0 Å². The average Bonchev–Trinajstić information content (AvgIpc) is 3.47. The van der Waals surface area contributed by atoms with E-state index in [1.165, 1.54) is 25.0 Å². The van der Waals surface area contributed by atoms with Crippen molar-refractivity contribution in [1.82, 2.24) is 10.2 Å². The van der Waals surface area contributed by atoms with Crippen molar-refractivity contribution < 1.29 is 4.39 Å². The fraction of sp³-hybridized carbons (Fsp3) is 0.318. The molecule has 7 heteroatoms. The van der Waals surface area contributed by atoms with Crippen molar-refractivity contribution in [2.24, 2.45) is 11.5 Å². The molecule has 2 aromatic carbocycles. The topological polar surface area (TPSA) is 87.2 Å². The molecule has 2 unspecified atom stereocenters. The number of anilines is 2. The summed E-state index contributed by atoms with van der Waals surface area (Å²) in [6, 6.07) is 16.6. The number of nitrogens with zero attached hydrogens (tertiary/aromatic N) is 3. The number of hydrogen-bond acceptors (Lipinski definition) is 5. The average molecular weight is 392 g/mol. The highest BCUT2D eigenvalue weighted by Crippen LogP contribution is 2.43. The molecule has 0 bridgehead atoms. The molecule has 0 spiro atoms. The molecule has 29 heavy (non-hydrogen) atoms. The van der Waals surface area contributed by atoms with Crippen molar-refractivity contribution in [3.8, 4) is 0 Å². The Hall–Kier alpha value is -2.90. The number of rotatable bonds is 4. The van der Waals surface area contributed by atoms with Gasteiger partial charge in [-0.1, -0.05) is 30.3 Å². The summed E-state index contributed by atoms with van der Waals surface area (Å²) in [7, 11) is 0. The standard InChI is InChI=1S/C22H25FN6/c1-13(14-8-10-16(23)11-9-14)28-19-5-3-2-4-17(19)21(24)29(22(28)25)20-12-18(26-27-20)15-6-7-15/h2-5,8-13,15,21-22H,6-7,24-25H2,1H3,(H,26,27)/t13-,21?,22?/m0/s1. The number of hydrogen-bond donors (Lipinski definition) is 3. The molecule has 3 aromatic rings. The van der Waals surface area contributed by atoms with Crippen LogP contribution in [0.1, 0.15) is 54.7 Å². The minimum absolute atomic E-state index is 0.0800. The Morgan fingerprint density at radius 3 is 2.55 bits per heavy atom. The Balaban J connectivity index is 1.57. The first-order chi connectivity index (χ1) is 14.0. The third-order valence-electron chi connectivity index (χ3n) is 6.04. The molecule has 3 atom stereocenters. The first-order valence-electron chi connectivity index (χ1n) is 10.0. The van der Waals surface area contributed by atoms with Crippen molar-refractivity contribution in [3.05, 3.63) is 77.2 Å². The molecule has 0 amide bonds. The molecule has 2 heterocycles. The van der Waals surface area contributed by atoms with E-state index in [-0.39, 0.29) is 11.9 Å². The van der Waals surface area contributed by atoms with Gasteiger partial charge in [-0.3, -0.25) is 10.8 Å². The van der Waals surface area contributed by atoms with Crippen molar-refractivity contribution >= 4 is 11.5 Å². The molecule has 5 N–H and O–H groups in total. The summed E-state index contributed by atoms with van der Waals surface area (Å²) < 4.78 is 13.4. The van der Waals surface area contributed by atoms with Gasteiger partial charge in [-0.15, -0.1) is 0 Å². The number of nitrogens with two attached hydrogens (primary N) is 2. The molecule has 6 nitrogen and oxygen atoms in total. The van der Waals surface area contributed by atoms with Crippen LogP contribution in [-0.4, -0.2) is 16.5 Å². The maximum Gasteiger partial charge on any atom is 0.158 e. The summed E-state index contributed by atoms with van der Waals surface area (Å²) in [6.45, 7) is 2.07. The molecule has 5 rings (SSSR count). The number of aromatic nitrogens is 2. The van der Waals surface area contributed by atoms with Gasteiger partial charge < -0.3 is 15.5 Å². The number of nitrogens with one attached hydrogen (secondary N) is 1. The number of aromatic amines is 1. The second kappa shape index (κ2) is 6.86. The minimum atomic E-state index is -0.518. The Bertz CT molecular complexity index is 1010. The van der Waals surface area contributed by atoms with Crippen molar-refractivity contribution in [2.75, 3.05) is 9.80 Å². The second-order valence-corrected chi connectivity index (χ2v) is 7.92. The lowest BCUT2D eigenvalue weighted by Crippen LogP contribution is -2.61. The SMILES string of the molecule is C[C@@H](c1ccc(F)cc1)N1c2ccccc2C(N)N(c2cc(C3CC3)[nH]n2)C1N. The van der Waals surface area contributed by atoms with Gasteiger partial charge in [0.05, 0.1) is 6.04 Å². The van der Waals surface area contributed by atoms with Crippen molar-refractivity contribution in [2.45, 2.75) is 44.2 Å². The van der Waals surface area contributed by atoms with Crippen LogP contribution in [0.5, 0.6) is 0 Å². The highest BCUT2D eigenvalue weighted by molar-refractivity contribution is 5.64. The van der Waals surface area contributed by atoms with Crippen molar-refractivity contribution in [3.63, 3.8) is 0 Å². The van der Waals surface area contributed by atoms with Crippen LogP contribution >= 0.6 is 0 Å². The lowest BCUT2D eigenvalue weighted by atomic mass is 10.00. The molecule has 1 fully saturated rings. The predicted octanol–water partition coefficient (Wildman–Crippen LogP) is 3.71. The van der Waals surface area contributed by atoms with E-state index >= 15 is 0 Å². The minimum Gasteiger partial charge on any atom is -0.332 e. The van der Waals surface area contributed by atoms with E-state index < -0.39 is 12.5 Å². The molecular weight excluding hydrogens is 367 g/mol. The van der Waals surface area contributed by atoms with Crippen LogP contribution < -0.4 is 21.3 Å². The summed E-state index contributed by atoms with van der Waals surface area (Å²) in [4.78, 5) is 4.07. The fourth-order valence-electron chi connectivity index (χ4n) is 4.24.